The number of methoxy groups -OCH3 is 2. The molecule has 0 fully saturated rings. The molecule has 170 valence electrons. The van der Waals surface area contributed by atoms with E-state index in [4.69, 9.17) is 9.47 Å². The van der Waals surface area contributed by atoms with Crippen LogP contribution in [0.15, 0.2) is 109 Å². The molecule has 2 unspecified atom stereocenters. The van der Waals surface area contributed by atoms with Crippen molar-refractivity contribution in [3.8, 4) is 11.5 Å². The molecule has 4 heteroatoms. The molecular formula is C30H26O4. The molecule has 0 saturated carbocycles. The fourth-order valence-electron chi connectivity index (χ4n) is 4.18. The summed E-state index contributed by atoms with van der Waals surface area (Å²) < 4.78 is 10.6. The Bertz CT molecular complexity index is 1130. The summed E-state index contributed by atoms with van der Waals surface area (Å²) in [7, 11) is 3.20. The molecule has 0 aliphatic heterocycles. The van der Waals surface area contributed by atoms with Gasteiger partial charge in [0, 0.05) is 11.1 Å². The van der Waals surface area contributed by atoms with Crippen LogP contribution in [0.3, 0.4) is 0 Å². The van der Waals surface area contributed by atoms with Gasteiger partial charge in [-0.1, -0.05) is 84.9 Å². The van der Waals surface area contributed by atoms with Gasteiger partial charge in [-0.25, -0.2) is 0 Å². The van der Waals surface area contributed by atoms with E-state index in [-0.39, 0.29) is 11.6 Å². The molecular weight excluding hydrogens is 424 g/mol. The zero-order valence-electron chi connectivity index (χ0n) is 19.2. The van der Waals surface area contributed by atoms with E-state index in [1.54, 1.807) is 38.5 Å². The van der Waals surface area contributed by atoms with Crippen LogP contribution in [0.25, 0.3) is 0 Å². The first-order valence-corrected chi connectivity index (χ1v) is 11.1. The van der Waals surface area contributed by atoms with Crippen molar-refractivity contribution >= 4 is 11.6 Å². The first-order chi connectivity index (χ1) is 16.6. The molecule has 4 aromatic carbocycles. The third-order valence-corrected chi connectivity index (χ3v) is 5.96. The zero-order valence-corrected chi connectivity index (χ0v) is 19.2. The maximum Gasteiger partial charge on any atom is 0.171 e. The maximum atomic E-state index is 14.0. The number of rotatable bonds is 9. The van der Waals surface area contributed by atoms with Crippen LogP contribution in [-0.2, 0) is 0 Å². The van der Waals surface area contributed by atoms with Crippen LogP contribution in [0.1, 0.15) is 43.7 Å². The van der Waals surface area contributed by atoms with E-state index in [1.165, 1.54) is 0 Å². The molecule has 0 aliphatic rings. The van der Waals surface area contributed by atoms with Crippen molar-refractivity contribution in [3.05, 3.63) is 131 Å². The van der Waals surface area contributed by atoms with E-state index < -0.39 is 11.8 Å². The number of carbonyl (C=O) groups excluding carboxylic acids is 2. The molecule has 0 aromatic heterocycles. The minimum Gasteiger partial charge on any atom is -0.497 e. The van der Waals surface area contributed by atoms with Gasteiger partial charge in [0.2, 0.25) is 0 Å². The Hall–Kier alpha value is -4.18. The van der Waals surface area contributed by atoms with Crippen molar-refractivity contribution < 1.29 is 19.1 Å². The van der Waals surface area contributed by atoms with Gasteiger partial charge in [0.15, 0.2) is 11.6 Å². The van der Waals surface area contributed by atoms with Gasteiger partial charge in [-0.2, -0.15) is 0 Å². The molecule has 0 N–H and O–H groups in total. The molecule has 0 spiro atoms. The van der Waals surface area contributed by atoms with E-state index in [2.05, 4.69) is 0 Å². The number of Topliss-reactive ketones (excluding diaryl/α,β-unsaturated/α-hetero) is 2. The summed E-state index contributed by atoms with van der Waals surface area (Å²) in [6.45, 7) is 0. The van der Waals surface area contributed by atoms with Crippen molar-refractivity contribution in [2.45, 2.75) is 11.8 Å². The minimum absolute atomic E-state index is 0.115. The largest absolute Gasteiger partial charge is 0.497 e. The first-order valence-electron chi connectivity index (χ1n) is 11.1. The number of hydrogen-bond acceptors (Lipinski definition) is 4. The quantitative estimate of drug-likeness (QED) is 0.279. The van der Waals surface area contributed by atoms with Crippen molar-refractivity contribution in [1.82, 2.24) is 0 Å². The second-order valence-electron chi connectivity index (χ2n) is 7.96. The molecule has 34 heavy (non-hydrogen) atoms. The van der Waals surface area contributed by atoms with Gasteiger partial charge < -0.3 is 9.47 Å². The zero-order chi connectivity index (χ0) is 23.9. The van der Waals surface area contributed by atoms with Crippen molar-refractivity contribution in [2.75, 3.05) is 14.2 Å². The highest BCUT2D eigenvalue weighted by Crippen LogP contribution is 2.39. The van der Waals surface area contributed by atoms with Crippen LogP contribution >= 0.6 is 0 Å². The monoisotopic (exact) mass is 450 g/mol. The van der Waals surface area contributed by atoms with Gasteiger partial charge in [0.1, 0.15) is 11.5 Å². The Labute approximate surface area is 199 Å². The second kappa shape index (κ2) is 10.6. The minimum atomic E-state index is -0.727. The molecule has 4 nitrogen and oxygen atoms in total. The lowest BCUT2D eigenvalue weighted by Crippen LogP contribution is -2.27. The number of ether oxygens (including phenoxy) is 2. The van der Waals surface area contributed by atoms with E-state index >= 15 is 0 Å². The fourth-order valence-corrected chi connectivity index (χ4v) is 4.18. The smallest absolute Gasteiger partial charge is 0.171 e. The van der Waals surface area contributed by atoms with E-state index in [0.29, 0.717) is 22.6 Å². The van der Waals surface area contributed by atoms with Gasteiger partial charge in [0.05, 0.1) is 26.1 Å². The molecule has 0 aliphatic carbocycles. The molecule has 0 radical (unpaired) electrons. The highest BCUT2D eigenvalue weighted by atomic mass is 16.5. The van der Waals surface area contributed by atoms with Gasteiger partial charge in [0.25, 0.3) is 0 Å². The predicted molar refractivity (Wildman–Crippen MR) is 133 cm³/mol. The lowest BCUT2D eigenvalue weighted by atomic mass is 9.73. The van der Waals surface area contributed by atoms with E-state index in [0.717, 1.165) is 11.1 Å². The molecule has 0 bridgehead atoms. The lowest BCUT2D eigenvalue weighted by Gasteiger charge is -2.27. The molecule has 2 atom stereocenters. The summed E-state index contributed by atoms with van der Waals surface area (Å²) in [6.07, 6.45) is 0. The van der Waals surface area contributed by atoms with E-state index in [9.17, 15) is 9.59 Å². The summed E-state index contributed by atoms with van der Waals surface area (Å²) >= 11 is 0. The molecule has 0 saturated heterocycles. The van der Waals surface area contributed by atoms with Crippen molar-refractivity contribution in [3.63, 3.8) is 0 Å². The number of carbonyl (C=O) groups is 2. The fraction of sp³-hybridized carbons (Fsp3) is 0.133. The Balaban J connectivity index is 1.90. The SMILES string of the molecule is COc1ccc(C(C(=O)c2ccccc2)C(C(=O)c2ccccc2)c2ccc(OC)cc2)cc1. The number of hydrogen-bond donors (Lipinski definition) is 0. The standard InChI is InChI=1S/C30H26O4/c1-33-25-17-13-21(14-18-25)27(29(31)23-9-5-3-6-10-23)28(22-15-19-26(34-2)20-16-22)30(32)24-11-7-4-8-12-24/h3-20,27-28H,1-2H3. The average molecular weight is 451 g/mol. The first kappa shape index (κ1) is 23.0. The summed E-state index contributed by atoms with van der Waals surface area (Å²) in [5, 5.41) is 0. The topological polar surface area (TPSA) is 52.6 Å². The van der Waals surface area contributed by atoms with Crippen LogP contribution in [0.4, 0.5) is 0 Å². The van der Waals surface area contributed by atoms with Gasteiger partial charge >= 0.3 is 0 Å². The summed E-state index contributed by atoms with van der Waals surface area (Å²) in [5.74, 6) is -0.314. The van der Waals surface area contributed by atoms with Crippen molar-refractivity contribution in [1.29, 1.82) is 0 Å². The summed E-state index contributed by atoms with van der Waals surface area (Å²) in [6, 6.07) is 32.9. The van der Waals surface area contributed by atoms with Crippen LogP contribution in [0, 0.1) is 0 Å². The maximum absolute atomic E-state index is 14.0. The summed E-state index contributed by atoms with van der Waals surface area (Å²) in [4.78, 5) is 27.9. The summed E-state index contributed by atoms with van der Waals surface area (Å²) in [5.41, 5.74) is 2.62. The van der Waals surface area contributed by atoms with Crippen molar-refractivity contribution in [2.24, 2.45) is 0 Å². The molecule has 4 aromatic rings. The van der Waals surface area contributed by atoms with Gasteiger partial charge in [-0.3, -0.25) is 9.59 Å². The van der Waals surface area contributed by atoms with Gasteiger partial charge in [-0.05, 0) is 35.4 Å². The number of benzene rings is 4. The Morgan fingerprint density at radius 2 is 0.824 bits per heavy atom. The Morgan fingerprint density at radius 1 is 0.500 bits per heavy atom. The van der Waals surface area contributed by atoms with Gasteiger partial charge in [-0.15, -0.1) is 0 Å². The molecule has 4 rings (SSSR count). The normalized spacial score (nSPS) is 12.4. The van der Waals surface area contributed by atoms with Crippen LogP contribution in [0.2, 0.25) is 0 Å². The molecule has 0 heterocycles. The highest BCUT2D eigenvalue weighted by molar-refractivity contribution is 6.09. The van der Waals surface area contributed by atoms with Crippen LogP contribution < -0.4 is 9.47 Å². The Morgan fingerprint density at radius 3 is 1.12 bits per heavy atom. The van der Waals surface area contributed by atoms with E-state index in [1.807, 2.05) is 84.9 Å². The highest BCUT2D eigenvalue weighted by Gasteiger charge is 2.37. The van der Waals surface area contributed by atoms with Crippen LogP contribution in [-0.4, -0.2) is 25.8 Å². The average Bonchev–Trinajstić information content (AvgIpc) is 2.92. The third-order valence-electron chi connectivity index (χ3n) is 5.96. The predicted octanol–water partition coefficient (Wildman–Crippen LogP) is 6.34. The molecule has 0 amide bonds. The third kappa shape index (κ3) is 4.91. The number of ketones is 2. The Kier molecular flexibility index (Phi) is 7.19. The lowest BCUT2D eigenvalue weighted by molar-refractivity contribution is 0.0866. The van der Waals surface area contributed by atoms with Crippen LogP contribution in [0.5, 0.6) is 11.5 Å². The second-order valence-corrected chi connectivity index (χ2v) is 7.96.